The van der Waals surface area contributed by atoms with Crippen LogP contribution in [0.5, 0.6) is 0 Å². The van der Waals surface area contributed by atoms with E-state index in [1.807, 2.05) is 31.2 Å². The Morgan fingerprint density at radius 1 is 1.29 bits per heavy atom. The van der Waals surface area contributed by atoms with Crippen molar-refractivity contribution in [1.29, 1.82) is 0 Å². The van der Waals surface area contributed by atoms with Gasteiger partial charge in [0.15, 0.2) is 0 Å². The summed E-state index contributed by atoms with van der Waals surface area (Å²) in [5.41, 5.74) is 6.90. The molecule has 0 spiro atoms. The third-order valence-corrected chi connectivity index (χ3v) is 2.80. The maximum atomic E-state index is 11.7. The molecule has 112 valence electrons. The predicted octanol–water partition coefficient (Wildman–Crippen LogP) is 0.843. The molecular weight excluding hydrogens is 272 g/mol. The average Bonchev–Trinajstić information content (AvgIpc) is 2.42. The van der Waals surface area contributed by atoms with Gasteiger partial charge in [0.05, 0.1) is 0 Å². The van der Waals surface area contributed by atoms with E-state index in [4.69, 9.17) is 10.8 Å². The molecule has 0 aliphatic heterocycles. The molecule has 0 saturated carbocycles. The first-order valence-electron chi connectivity index (χ1n) is 6.45. The monoisotopic (exact) mass is 290 g/mol. The Balaban J connectivity index is 2.59. The minimum atomic E-state index is -1.20. The molecule has 6 heteroatoms. The fourth-order valence-electron chi connectivity index (χ4n) is 1.61. The van der Waals surface area contributed by atoms with Gasteiger partial charge in [0, 0.05) is 12.5 Å². The summed E-state index contributed by atoms with van der Waals surface area (Å²) in [5, 5.41) is 11.3. The lowest BCUT2D eigenvalue weighted by molar-refractivity contribution is -0.141. The zero-order valence-corrected chi connectivity index (χ0v) is 11.7. The number of primary amides is 1. The quantitative estimate of drug-likeness (QED) is 0.646. The lowest BCUT2D eigenvalue weighted by Crippen LogP contribution is -2.40. The summed E-state index contributed by atoms with van der Waals surface area (Å²) >= 11 is 0. The van der Waals surface area contributed by atoms with E-state index in [-0.39, 0.29) is 12.8 Å². The topological polar surface area (TPSA) is 109 Å². The standard InChI is InChI=1S/C15H18N2O4/c1-10-2-4-11(5-3-10)6-9-14(19)17-12(15(20)21)7-8-13(16)18/h2-6,9,12H,7-8H2,1H3,(H2,16,18)(H,17,19)(H,20,21)/b9-6+/t12-/m1/s1. The number of aryl methyl sites for hydroxylation is 1. The van der Waals surface area contributed by atoms with Crippen molar-refractivity contribution in [2.75, 3.05) is 0 Å². The van der Waals surface area contributed by atoms with Crippen LogP contribution in [0.3, 0.4) is 0 Å². The van der Waals surface area contributed by atoms with Crippen molar-refractivity contribution in [3.63, 3.8) is 0 Å². The van der Waals surface area contributed by atoms with Gasteiger partial charge in [-0.3, -0.25) is 9.59 Å². The molecule has 0 aliphatic rings. The van der Waals surface area contributed by atoms with Crippen LogP contribution in [0.2, 0.25) is 0 Å². The molecule has 0 heterocycles. The van der Waals surface area contributed by atoms with Crippen molar-refractivity contribution in [2.45, 2.75) is 25.8 Å². The normalized spacial score (nSPS) is 12.0. The highest BCUT2D eigenvalue weighted by atomic mass is 16.4. The van der Waals surface area contributed by atoms with Crippen LogP contribution in [0.1, 0.15) is 24.0 Å². The molecule has 2 amide bonds. The Morgan fingerprint density at radius 3 is 2.43 bits per heavy atom. The van der Waals surface area contributed by atoms with E-state index in [9.17, 15) is 14.4 Å². The lowest BCUT2D eigenvalue weighted by atomic mass is 10.1. The number of rotatable bonds is 7. The van der Waals surface area contributed by atoms with Gasteiger partial charge >= 0.3 is 5.97 Å². The molecule has 1 aromatic carbocycles. The van der Waals surface area contributed by atoms with Crippen LogP contribution in [0.4, 0.5) is 0 Å². The smallest absolute Gasteiger partial charge is 0.326 e. The number of nitrogens with one attached hydrogen (secondary N) is 1. The van der Waals surface area contributed by atoms with Crippen LogP contribution < -0.4 is 11.1 Å². The lowest BCUT2D eigenvalue weighted by Gasteiger charge is -2.11. The van der Waals surface area contributed by atoms with Gasteiger partial charge in [-0.05, 0) is 25.0 Å². The van der Waals surface area contributed by atoms with Gasteiger partial charge in [0.2, 0.25) is 11.8 Å². The third kappa shape index (κ3) is 6.38. The predicted molar refractivity (Wildman–Crippen MR) is 78.2 cm³/mol. The van der Waals surface area contributed by atoms with E-state index in [0.29, 0.717) is 0 Å². The van der Waals surface area contributed by atoms with Crippen LogP contribution in [-0.2, 0) is 14.4 Å². The molecule has 4 N–H and O–H groups in total. The molecule has 1 rings (SSSR count). The number of aliphatic carboxylic acids is 1. The van der Waals surface area contributed by atoms with E-state index >= 15 is 0 Å². The zero-order valence-electron chi connectivity index (χ0n) is 11.7. The van der Waals surface area contributed by atoms with Crippen LogP contribution >= 0.6 is 0 Å². The maximum absolute atomic E-state index is 11.7. The highest BCUT2D eigenvalue weighted by molar-refractivity contribution is 5.94. The molecule has 0 fully saturated rings. The summed E-state index contributed by atoms with van der Waals surface area (Å²) in [6, 6.07) is 6.38. The minimum Gasteiger partial charge on any atom is -0.480 e. The van der Waals surface area contributed by atoms with Crippen molar-refractivity contribution < 1.29 is 19.5 Å². The van der Waals surface area contributed by atoms with Gasteiger partial charge in [-0.2, -0.15) is 0 Å². The molecule has 0 aliphatic carbocycles. The molecular formula is C15H18N2O4. The van der Waals surface area contributed by atoms with Crippen molar-refractivity contribution in [2.24, 2.45) is 5.73 Å². The Kier molecular flexibility index (Phi) is 6.13. The van der Waals surface area contributed by atoms with Crippen molar-refractivity contribution in [3.8, 4) is 0 Å². The minimum absolute atomic E-state index is 0.0330. The van der Waals surface area contributed by atoms with Crippen molar-refractivity contribution in [3.05, 3.63) is 41.5 Å². The summed E-state index contributed by atoms with van der Waals surface area (Å²) in [4.78, 5) is 33.3. The summed E-state index contributed by atoms with van der Waals surface area (Å²) in [7, 11) is 0. The highest BCUT2D eigenvalue weighted by Crippen LogP contribution is 2.05. The van der Waals surface area contributed by atoms with Gasteiger partial charge in [0.25, 0.3) is 0 Å². The second-order valence-corrected chi connectivity index (χ2v) is 4.65. The number of nitrogens with two attached hydrogens (primary N) is 1. The number of benzene rings is 1. The largest absolute Gasteiger partial charge is 0.480 e. The van der Waals surface area contributed by atoms with Gasteiger partial charge in [-0.25, -0.2) is 4.79 Å². The molecule has 6 nitrogen and oxygen atoms in total. The number of hydrogen-bond acceptors (Lipinski definition) is 3. The number of hydrogen-bond donors (Lipinski definition) is 3. The highest BCUT2D eigenvalue weighted by Gasteiger charge is 2.19. The summed E-state index contributed by atoms with van der Waals surface area (Å²) in [5.74, 6) is -2.34. The Labute approximate surface area is 122 Å². The second kappa shape index (κ2) is 7.84. The first-order valence-corrected chi connectivity index (χ1v) is 6.45. The molecule has 0 saturated heterocycles. The first kappa shape index (κ1) is 16.4. The fraction of sp³-hybridized carbons (Fsp3) is 0.267. The molecule has 1 aromatic rings. The van der Waals surface area contributed by atoms with E-state index in [0.717, 1.165) is 11.1 Å². The Bertz CT molecular complexity index is 549. The van der Waals surface area contributed by atoms with Crippen LogP contribution in [0.25, 0.3) is 6.08 Å². The summed E-state index contributed by atoms with van der Waals surface area (Å²) < 4.78 is 0. The molecule has 0 bridgehead atoms. The summed E-state index contributed by atoms with van der Waals surface area (Å²) in [6.07, 6.45) is 2.71. The van der Waals surface area contributed by atoms with Crippen LogP contribution in [0, 0.1) is 6.92 Å². The van der Waals surface area contributed by atoms with E-state index in [1.165, 1.54) is 6.08 Å². The second-order valence-electron chi connectivity index (χ2n) is 4.65. The van der Waals surface area contributed by atoms with Crippen LogP contribution in [0.15, 0.2) is 30.3 Å². The van der Waals surface area contributed by atoms with Gasteiger partial charge in [-0.1, -0.05) is 29.8 Å². The first-order chi connectivity index (χ1) is 9.88. The SMILES string of the molecule is Cc1ccc(/C=C/C(=O)N[C@H](CCC(N)=O)C(=O)O)cc1. The van der Waals surface area contributed by atoms with E-state index in [1.54, 1.807) is 6.08 Å². The average molecular weight is 290 g/mol. The Morgan fingerprint density at radius 2 is 1.90 bits per heavy atom. The van der Waals surface area contributed by atoms with E-state index in [2.05, 4.69) is 5.32 Å². The molecule has 0 radical (unpaired) electrons. The number of carboxylic acid groups (broad SMARTS) is 1. The molecule has 0 aromatic heterocycles. The number of carbonyl (C=O) groups excluding carboxylic acids is 2. The molecule has 21 heavy (non-hydrogen) atoms. The van der Waals surface area contributed by atoms with E-state index < -0.39 is 23.8 Å². The summed E-state index contributed by atoms with van der Waals surface area (Å²) in [6.45, 7) is 1.95. The van der Waals surface area contributed by atoms with Gasteiger partial charge in [0.1, 0.15) is 6.04 Å². The van der Waals surface area contributed by atoms with Crippen molar-refractivity contribution >= 4 is 23.9 Å². The Hall–Kier alpha value is -2.63. The van der Waals surface area contributed by atoms with Gasteiger partial charge in [-0.15, -0.1) is 0 Å². The third-order valence-electron chi connectivity index (χ3n) is 2.80. The molecule has 1 atom stereocenters. The number of amides is 2. The number of carboxylic acids is 1. The molecule has 0 unspecified atom stereocenters. The van der Waals surface area contributed by atoms with Gasteiger partial charge < -0.3 is 16.2 Å². The maximum Gasteiger partial charge on any atom is 0.326 e. The van der Waals surface area contributed by atoms with Crippen molar-refractivity contribution in [1.82, 2.24) is 5.32 Å². The zero-order chi connectivity index (χ0) is 15.8. The fourth-order valence-corrected chi connectivity index (χ4v) is 1.61. The van der Waals surface area contributed by atoms with Crippen LogP contribution in [-0.4, -0.2) is 28.9 Å². The number of carbonyl (C=O) groups is 3.